The van der Waals surface area contributed by atoms with Gasteiger partial charge in [0.2, 0.25) is 5.95 Å². The number of anilines is 2. The van der Waals surface area contributed by atoms with Gasteiger partial charge >= 0.3 is 0 Å². The van der Waals surface area contributed by atoms with Crippen molar-refractivity contribution < 1.29 is 8.42 Å². The molecule has 1 saturated heterocycles. The molecule has 0 aliphatic carbocycles. The molecule has 0 radical (unpaired) electrons. The third kappa shape index (κ3) is 4.30. The van der Waals surface area contributed by atoms with Gasteiger partial charge in [-0.15, -0.1) is 0 Å². The van der Waals surface area contributed by atoms with Crippen LogP contribution in [0.15, 0.2) is 84.1 Å². The number of fused-ring (bicyclic) bond motifs is 2. The summed E-state index contributed by atoms with van der Waals surface area (Å²) < 4.78 is 28.4. The van der Waals surface area contributed by atoms with Crippen LogP contribution in [0.3, 0.4) is 0 Å². The van der Waals surface area contributed by atoms with Crippen molar-refractivity contribution >= 4 is 43.6 Å². The van der Waals surface area contributed by atoms with Crippen LogP contribution in [0, 0.1) is 0 Å². The molecule has 0 saturated carbocycles. The largest absolute Gasteiger partial charge is 0.324 e. The number of rotatable bonds is 6. The summed E-state index contributed by atoms with van der Waals surface area (Å²) in [5.74, 6) is 0.323. The van der Waals surface area contributed by atoms with Crippen LogP contribution in [0.1, 0.15) is 5.56 Å². The normalized spacial score (nSPS) is 14.9. The number of aromatic nitrogens is 4. The zero-order chi connectivity index (χ0) is 24.5. The van der Waals surface area contributed by atoms with E-state index in [1.54, 1.807) is 36.7 Å². The molecule has 6 rings (SSSR count). The quantitative estimate of drug-likeness (QED) is 0.366. The fraction of sp³-hybridized carbons (Fsp3) is 0.192. The summed E-state index contributed by atoms with van der Waals surface area (Å²) in [6, 6.07) is 18.6. The number of para-hydroxylation sites is 1. The molecule has 0 bridgehead atoms. The summed E-state index contributed by atoms with van der Waals surface area (Å²) in [6.07, 6.45) is 4.72. The van der Waals surface area contributed by atoms with Crippen molar-refractivity contribution in [3.05, 3.63) is 84.8 Å². The Labute approximate surface area is 208 Å². The van der Waals surface area contributed by atoms with E-state index >= 15 is 0 Å². The Morgan fingerprint density at radius 3 is 2.56 bits per heavy atom. The number of nitrogens with zero attached hydrogens (tertiary/aromatic N) is 5. The van der Waals surface area contributed by atoms with Gasteiger partial charge in [-0.05, 0) is 35.9 Å². The summed E-state index contributed by atoms with van der Waals surface area (Å²) in [5.41, 5.74) is 2.80. The average molecular weight is 500 g/mol. The molecule has 0 spiro atoms. The lowest BCUT2D eigenvalue weighted by Crippen LogP contribution is -2.42. The summed E-state index contributed by atoms with van der Waals surface area (Å²) >= 11 is 0. The van der Waals surface area contributed by atoms with Crippen molar-refractivity contribution in [3.8, 4) is 0 Å². The molecule has 0 unspecified atom stereocenters. The Morgan fingerprint density at radius 1 is 0.917 bits per heavy atom. The molecule has 1 fully saturated rings. The van der Waals surface area contributed by atoms with Crippen LogP contribution in [0.4, 0.5) is 11.6 Å². The van der Waals surface area contributed by atoms with Crippen molar-refractivity contribution in [1.82, 2.24) is 29.1 Å². The second kappa shape index (κ2) is 9.30. The number of hydrogen-bond donors (Lipinski definition) is 2. The minimum absolute atomic E-state index is 0.131. The highest BCUT2D eigenvalue weighted by Gasteiger charge is 2.23. The van der Waals surface area contributed by atoms with Crippen molar-refractivity contribution in [2.24, 2.45) is 0 Å². The van der Waals surface area contributed by atoms with Gasteiger partial charge in [0.25, 0.3) is 10.0 Å². The second-order valence-corrected chi connectivity index (χ2v) is 10.6. The molecule has 182 valence electrons. The zero-order valence-corrected chi connectivity index (χ0v) is 20.3. The van der Waals surface area contributed by atoms with E-state index in [0.717, 1.165) is 43.8 Å². The van der Waals surface area contributed by atoms with E-state index in [4.69, 9.17) is 0 Å². The molecule has 0 amide bonds. The van der Waals surface area contributed by atoms with E-state index in [0.29, 0.717) is 22.5 Å². The number of piperazine rings is 1. The van der Waals surface area contributed by atoms with E-state index in [1.807, 2.05) is 24.3 Å². The van der Waals surface area contributed by atoms with E-state index in [1.165, 1.54) is 15.7 Å². The predicted molar refractivity (Wildman–Crippen MR) is 140 cm³/mol. The maximum Gasteiger partial charge on any atom is 0.271 e. The minimum atomic E-state index is -3.93. The lowest BCUT2D eigenvalue weighted by molar-refractivity contribution is 0.233. The first kappa shape index (κ1) is 22.6. The number of pyridine rings is 1. The lowest BCUT2D eigenvalue weighted by atomic mass is 10.2. The maximum atomic E-state index is 13.6. The van der Waals surface area contributed by atoms with Crippen molar-refractivity contribution in [1.29, 1.82) is 0 Å². The van der Waals surface area contributed by atoms with Gasteiger partial charge in [0, 0.05) is 67.8 Å². The third-order valence-electron chi connectivity index (χ3n) is 6.35. The molecular formula is C26H25N7O2S. The Kier molecular flexibility index (Phi) is 5.84. The van der Waals surface area contributed by atoms with Crippen LogP contribution in [0.2, 0.25) is 0 Å². The molecule has 5 aromatic rings. The van der Waals surface area contributed by atoms with Gasteiger partial charge in [0.15, 0.2) is 5.65 Å². The standard InChI is InChI=1S/C26H25N7O2S/c34-36(35,23-5-1-3-20-4-2-11-28-24(20)23)33-14-10-21-17-29-26(31-25(21)33)30-22-8-6-19(7-9-22)18-32-15-12-27-13-16-32/h1-11,14,17,27H,12-13,15-16,18H2,(H,29,30,31). The Morgan fingerprint density at radius 2 is 1.72 bits per heavy atom. The molecule has 0 atom stereocenters. The molecule has 1 aliphatic rings. The fourth-order valence-electron chi connectivity index (χ4n) is 4.49. The number of benzene rings is 2. The monoisotopic (exact) mass is 499 g/mol. The Balaban J connectivity index is 1.28. The molecular weight excluding hydrogens is 474 g/mol. The summed E-state index contributed by atoms with van der Waals surface area (Å²) in [5, 5.41) is 7.95. The van der Waals surface area contributed by atoms with E-state index in [-0.39, 0.29) is 4.90 Å². The highest BCUT2D eigenvalue weighted by molar-refractivity contribution is 7.90. The van der Waals surface area contributed by atoms with Crippen LogP contribution in [-0.4, -0.2) is 58.4 Å². The van der Waals surface area contributed by atoms with E-state index in [2.05, 4.69) is 42.6 Å². The van der Waals surface area contributed by atoms with Crippen LogP contribution < -0.4 is 10.6 Å². The van der Waals surface area contributed by atoms with Crippen molar-refractivity contribution in [2.75, 3.05) is 31.5 Å². The molecule has 3 aromatic heterocycles. The summed E-state index contributed by atoms with van der Waals surface area (Å²) in [6.45, 7) is 5.05. The van der Waals surface area contributed by atoms with Crippen LogP contribution in [0.5, 0.6) is 0 Å². The lowest BCUT2D eigenvalue weighted by Gasteiger charge is -2.27. The maximum absolute atomic E-state index is 13.6. The van der Waals surface area contributed by atoms with E-state index in [9.17, 15) is 8.42 Å². The number of hydrogen-bond acceptors (Lipinski definition) is 8. The zero-order valence-electron chi connectivity index (χ0n) is 19.5. The predicted octanol–water partition coefficient (Wildman–Crippen LogP) is 3.37. The van der Waals surface area contributed by atoms with Gasteiger partial charge in [-0.3, -0.25) is 9.88 Å². The smallest absolute Gasteiger partial charge is 0.271 e. The Hall–Kier alpha value is -3.86. The number of nitrogens with one attached hydrogen (secondary N) is 2. The average Bonchev–Trinajstić information content (AvgIpc) is 3.34. The second-order valence-electron chi connectivity index (χ2n) is 8.77. The fourth-order valence-corrected chi connectivity index (χ4v) is 5.96. The highest BCUT2D eigenvalue weighted by atomic mass is 32.2. The van der Waals surface area contributed by atoms with Gasteiger partial charge in [0.1, 0.15) is 4.90 Å². The Bertz CT molecular complexity index is 1640. The third-order valence-corrected chi connectivity index (χ3v) is 8.05. The van der Waals surface area contributed by atoms with Crippen molar-refractivity contribution in [3.63, 3.8) is 0 Å². The SMILES string of the molecule is O=S(=O)(c1cccc2cccnc12)n1ccc2cnc(Nc3ccc(CN4CCNCC4)cc3)nc21. The molecule has 9 nitrogen and oxygen atoms in total. The van der Waals surface area contributed by atoms with Gasteiger partial charge in [-0.1, -0.05) is 30.3 Å². The molecule has 1 aliphatic heterocycles. The summed E-state index contributed by atoms with van der Waals surface area (Å²) in [7, 11) is -3.93. The summed E-state index contributed by atoms with van der Waals surface area (Å²) in [4.78, 5) is 15.8. The van der Waals surface area contributed by atoms with Crippen molar-refractivity contribution in [2.45, 2.75) is 11.4 Å². The van der Waals surface area contributed by atoms with Crippen LogP contribution in [-0.2, 0) is 16.6 Å². The van der Waals surface area contributed by atoms with Gasteiger partial charge in [-0.25, -0.2) is 17.4 Å². The van der Waals surface area contributed by atoms with Crippen LogP contribution in [0.25, 0.3) is 21.9 Å². The van der Waals surface area contributed by atoms with Crippen LogP contribution >= 0.6 is 0 Å². The molecule has 2 N–H and O–H groups in total. The first-order chi connectivity index (χ1) is 17.6. The topological polar surface area (TPSA) is 105 Å². The van der Waals surface area contributed by atoms with Gasteiger partial charge in [-0.2, -0.15) is 4.98 Å². The highest BCUT2D eigenvalue weighted by Crippen LogP contribution is 2.26. The minimum Gasteiger partial charge on any atom is -0.324 e. The molecule has 4 heterocycles. The van der Waals surface area contributed by atoms with E-state index < -0.39 is 10.0 Å². The molecule has 10 heteroatoms. The van der Waals surface area contributed by atoms with Gasteiger partial charge < -0.3 is 10.6 Å². The first-order valence-electron chi connectivity index (χ1n) is 11.8. The first-order valence-corrected chi connectivity index (χ1v) is 13.2. The van der Waals surface area contributed by atoms with Gasteiger partial charge in [0.05, 0.1) is 5.52 Å². The molecule has 2 aromatic carbocycles. The molecule has 36 heavy (non-hydrogen) atoms.